The molecule has 2 amide bonds. The minimum atomic E-state index is -0.797. The van der Waals surface area contributed by atoms with E-state index in [0.717, 1.165) is 47.3 Å². The van der Waals surface area contributed by atoms with Crippen LogP contribution in [0.3, 0.4) is 0 Å². The van der Waals surface area contributed by atoms with Crippen LogP contribution in [0.5, 0.6) is 5.75 Å². The van der Waals surface area contributed by atoms with Gasteiger partial charge in [0.15, 0.2) is 6.10 Å². The smallest absolute Gasteiger partial charge is 0.341 e. The Kier molecular flexibility index (Phi) is 8.91. The molecule has 1 aliphatic rings. The van der Waals surface area contributed by atoms with E-state index in [4.69, 9.17) is 9.47 Å². The van der Waals surface area contributed by atoms with Gasteiger partial charge in [0.25, 0.3) is 11.8 Å². The molecule has 198 valence electrons. The SMILES string of the molecule is CCOC(=O)c1c(NC(=O)c2ccc(O[C@@H](C)C(=O)N/N=C\c3ccc(C)cc3)cc2)sc2c1CCCC2. The molecule has 0 fully saturated rings. The van der Waals surface area contributed by atoms with E-state index in [1.807, 2.05) is 31.2 Å². The molecule has 0 saturated heterocycles. The van der Waals surface area contributed by atoms with Gasteiger partial charge in [-0.05, 0) is 81.8 Å². The van der Waals surface area contributed by atoms with Gasteiger partial charge in [-0.15, -0.1) is 11.3 Å². The second-order valence-corrected chi connectivity index (χ2v) is 10.1. The maximum atomic E-state index is 13.0. The van der Waals surface area contributed by atoms with Crippen LogP contribution in [-0.2, 0) is 22.4 Å². The number of nitrogens with one attached hydrogen (secondary N) is 2. The van der Waals surface area contributed by atoms with Crippen molar-refractivity contribution >= 4 is 40.3 Å². The van der Waals surface area contributed by atoms with Crippen LogP contribution in [0.1, 0.15) is 69.0 Å². The fourth-order valence-corrected chi connectivity index (χ4v) is 5.38. The first kappa shape index (κ1) is 27.1. The van der Waals surface area contributed by atoms with Crippen LogP contribution in [-0.4, -0.2) is 36.7 Å². The zero-order valence-electron chi connectivity index (χ0n) is 21.7. The van der Waals surface area contributed by atoms with E-state index in [1.165, 1.54) is 11.3 Å². The van der Waals surface area contributed by atoms with Gasteiger partial charge in [0.1, 0.15) is 10.8 Å². The number of aryl methyl sites for hydroxylation is 2. The summed E-state index contributed by atoms with van der Waals surface area (Å²) in [6, 6.07) is 14.2. The number of fused-ring (bicyclic) bond motifs is 1. The molecule has 0 radical (unpaired) electrons. The summed E-state index contributed by atoms with van der Waals surface area (Å²) in [5, 5.41) is 7.40. The first-order valence-corrected chi connectivity index (χ1v) is 13.5. The number of hydrazone groups is 1. The monoisotopic (exact) mass is 533 g/mol. The summed E-state index contributed by atoms with van der Waals surface area (Å²) in [6.07, 6.45) is 4.56. The van der Waals surface area contributed by atoms with Crippen LogP contribution >= 0.6 is 11.3 Å². The van der Waals surface area contributed by atoms with E-state index in [-0.39, 0.29) is 12.5 Å². The zero-order chi connectivity index (χ0) is 27.1. The van der Waals surface area contributed by atoms with Crippen LogP contribution in [0.15, 0.2) is 53.6 Å². The number of thiophene rings is 1. The van der Waals surface area contributed by atoms with Gasteiger partial charge in [-0.25, -0.2) is 10.2 Å². The number of anilines is 1. The summed E-state index contributed by atoms with van der Waals surface area (Å²) >= 11 is 1.45. The summed E-state index contributed by atoms with van der Waals surface area (Å²) in [5.74, 6) is -0.702. The number of hydrogen-bond donors (Lipinski definition) is 2. The molecule has 0 unspecified atom stereocenters. The molecule has 1 heterocycles. The second-order valence-electron chi connectivity index (χ2n) is 9.02. The Morgan fingerprint density at radius 3 is 2.47 bits per heavy atom. The molecule has 3 aromatic rings. The lowest BCUT2D eigenvalue weighted by atomic mass is 9.95. The fraction of sp³-hybridized carbons (Fsp3) is 0.310. The molecule has 0 spiro atoms. The molecule has 0 aliphatic heterocycles. The molecule has 1 aliphatic carbocycles. The van der Waals surface area contributed by atoms with Gasteiger partial charge in [0.2, 0.25) is 0 Å². The molecule has 38 heavy (non-hydrogen) atoms. The Morgan fingerprint density at radius 1 is 1.05 bits per heavy atom. The Labute approximate surface area is 226 Å². The van der Waals surface area contributed by atoms with Crippen molar-refractivity contribution in [1.29, 1.82) is 0 Å². The summed E-state index contributed by atoms with van der Waals surface area (Å²) in [6.45, 7) is 5.65. The molecule has 4 rings (SSSR count). The number of ether oxygens (including phenoxy) is 2. The Bertz CT molecular complexity index is 1330. The standard InChI is InChI=1S/C29H31N3O5S/c1-4-36-29(35)25-23-7-5-6-8-24(23)38-28(25)31-27(34)21-13-15-22(16-14-21)37-19(3)26(33)32-30-17-20-11-9-18(2)10-12-20/h9-17,19H,4-8H2,1-3H3,(H,31,34)(H,32,33)/b30-17-/t19-/m0/s1. The number of rotatable bonds is 9. The lowest BCUT2D eigenvalue weighted by molar-refractivity contribution is -0.127. The summed E-state index contributed by atoms with van der Waals surface area (Å²) in [7, 11) is 0. The molecule has 8 nitrogen and oxygen atoms in total. The third-order valence-electron chi connectivity index (χ3n) is 6.14. The van der Waals surface area contributed by atoms with Crippen LogP contribution < -0.4 is 15.5 Å². The average Bonchev–Trinajstić information content (AvgIpc) is 3.28. The minimum Gasteiger partial charge on any atom is -0.481 e. The highest BCUT2D eigenvalue weighted by molar-refractivity contribution is 7.17. The molecule has 2 N–H and O–H groups in total. The van der Waals surface area contributed by atoms with Gasteiger partial charge in [0, 0.05) is 10.4 Å². The molecular formula is C29H31N3O5S. The Hall–Kier alpha value is -3.98. The molecule has 0 bridgehead atoms. The molecule has 1 aromatic heterocycles. The highest BCUT2D eigenvalue weighted by Gasteiger charge is 2.27. The summed E-state index contributed by atoms with van der Waals surface area (Å²) in [5.41, 5.74) is 6.36. The number of hydrogen-bond acceptors (Lipinski definition) is 7. The van der Waals surface area contributed by atoms with E-state index in [2.05, 4.69) is 15.8 Å². The van der Waals surface area contributed by atoms with Gasteiger partial charge in [-0.3, -0.25) is 9.59 Å². The average molecular weight is 534 g/mol. The van der Waals surface area contributed by atoms with Crippen molar-refractivity contribution in [3.05, 3.63) is 81.2 Å². The minimum absolute atomic E-state index is 0.272. The predicted molar refractivity (Wildman–Crippen MR) is 148 cm³/mol. The van der Waals surface area contributed by atoms with E-state index in [1.54, 1.807) is 44.3 Å². The van der Waals surface area contributed by atoms with Gasteiger partial charge in [0.05, 0.1) is 18.4 Å². The molecule has 9 heteroatoms. The normalized spacial score (nSPS) is 13.4. The van der Waals surface area contributed by atoms with Crippen LogP contribution in [0.4, 0.5) is 5.00 Å². The maximum Gasteiger partial charge on any atom is 0.341 e. The molecule has 2 aromatic carbocycles. The van der Waals surface area contributed by atoms with E-state index in [9.17, 15) is 14.4 Å². The lowest BCUT2D eigenvalue weighted by Crippen LogP contribution is -2.33. The molecule has 1 atom stereocenters. The second kappa shape index (κ2) is 12.5. The van der Waals surface area contributed by atoms with Crippen LogP contribution in [0, 0.1) is 6.92 Å². The molecule has 0 saturated carbocycles. The van der Waals surface area contributed by atoms with Crippen molar-refractivity contribution in [2.45, 2.75) is 52.6 Å². The Balaban J connectivity index is 1.36. The van der Waals surface area contributed by atoms with Crippen LogP contribution in [0.2, 0.25) is 0 Å². The third-order valence-corrected chi connectivity index (χ3v) is 7.35. The fourth-order valence-electron chi connectivity index (χ4n) is 4.10. The number of nitrogens with zero attached hydrogens (tertiary/aromatic N) is 1. The molecular weight excluding hydrogens is 502 g/mol. The third kappa shape index (κ3) is 6.66. The summed E-state index contributed by atoms with van der Waals surface area (Å²) in [4.78, 5) is 39.1. The number of amides is 2. The van der Waals surface area contributed by atoms with Gasteiger partial charge in [-0.1, -0.05) is 29.8 Å². The highest BCUT2D eigenvalue weighted by Crippen LogP contribution is 2.38. The predicted octanol–water partition coefficient (Wildman–Crippen LogP) is 5.28. The quantitative estimate of drug-likeness (QED) is 0.221. The highest BCUT2D eigenvalue weighted by atomic mass is 32.1. The topological polar surface area (TPSA) is 106 Å². The van der Waals surface area contributed by atoms with E-state index in [0.29, 0.717) is 21.9 Å². The Morgan fingerprint density at radius 2 is 1.76 bits per heavy atom. The summed E-state index contributed by atoms with van der Waals surface area (Å²) < 4.78 is 11.0. The number of carbonyl (C=O) groups excluding carboxylic acids is 3. The first-order valence-electron chi connectivity index (χ1n) is 12.6. The van der Waals surface area contributed by atoms with Crippen molar-refractivity contribution in [3.63, 3.8) is 0 Å². The van der Waals surface area contributed by atoms with Crippen molar-refractivity contribution in [1.82, 2.24) is 5.43 Å². The van der Waals surface area contributed by atoms with Gasteiger partial charge >= 0.3 is 5.97 Å². The lowest BCUT2D eigenvalue weighted by Gasteiger charge is -2.13. The van der Waals surface area contributed by atoms with Crippen molar-refractivity contribution in [3.8, 4) is 5.75 Å². The maximum absolute atomic E-state index is 13.0. The van der Waals surface area contributed by atoms with E-state index >= 15 is 0 Å². The number of esters is 1. The number of benzene rings is 2. The van der Waals surface area contributed by atoms with Gasteiger partial charge in [-0.2, -0.15) is 5.10 Å². The first-order chi connectivity index (χ1) is 18.4. The van der Waals surface area contributed by atoms with Crippen molar-refractivity contribution in [2.24, 2.45) is 5.10 Å². The van der Waals surface area contributed by atoms with Crippen LogP contribution in [0.25, 0.3) is 0 Å². The zero-order valence-corrected chi connectivity index (χ0v) is 22.5. The van der Waals surface area contributed by atoms with Crippen molar-refractivity contribution < 1.29 is 23.9 Å². The largest absolute Gasteiger partial charge is 0.481 e. The van der Waals surface area contributed by atoms with Gasteiger partial charge < -0.3 is 14.8 Å². The van der Waals surface area contributed by atoms with Crippen molar-refractivity contribution in [2.75, 3.05) is 11.9 Å². The van der Waals surface area contributed by atoms with E-state index < -0.39 is 18.0 Å². The number of carbonyl (C=O) groups is 3.